The molecule has 0 spiro atoms. The molecule has 0 aliphatic heterocycles. The van der Waals surface area contributed by atoms with E-state index in [9.17, 15) is 0 Å². The minimum Gasteiger partial charge on any atom is -0.489 e. The Hall–Kier alpha value is -1.02. The van der Waals surface area contributed by atoms with Crippen LogP contribution in [0.4, 0.5) is 0 Å². The van der Waals surface area contributed by atoms with E-state index in [0.29, 0.717) is 11.8 Å². The second-order valence-corrected chi connectivity index (χ2v) is 6.31. The van der Waals surface area contributed by atoms with Gasteiger partial charge in [0.1, 0.15) is 11.9 Å². The highest BCUT2D eigenvalue weighted by atomic mass is 16.5. The number of hydrogen-bond donors (Lipinski definition) is 1. The summed E-state index contributed by atoms with van der Waals surface area (Å²) in [6.07, 6.45) is 2.91. The molecule has 1 atom stereocenters. The predicted molar refractivity (Wildman–Crippen MR) is 80.8 cm³/mol. The van der Waals surface area contributed by atoms with E-state index in [-0.39, 0.29) is 6.10 Å². The van der Waals surface area contributed by atoms with E-state index >= 15 is 0 Å². The van der Waals surface area contributed by atoms with Crippen molar-refractivity contribution in [2.45, 2.75) is 58.6 Å². The first-order chi connectivity index (χ1) is 9.06. The van der Waals surface area contributed by atoms with Gasteiger partial charge in [-0.3, -0.25) is 0 Å². The Balaban J connectivity index is 1.96. The molecule has 0 heterocycles. The normalized spacial score (nSPS) is 16.9. The summed E-state index contributed by atoms with van der Waals surface area (Å²) >= 11 is 0. The van der Waals surface area contributed by atoms with Crippen LogP contribution in [0.5, 0.6) is 5.75 Å². The minimum atomic E-state index is 0.253. The largest absolute Gasteiger partial charge is 0.489 e. The summed E-state index contributed by atoms with van der Waals surface area (Å²) in [6.45, 7) is 9.84. The minimum absolute atomic E-state index is 0.253. The van der Waals surface area contributed by atoms with Gasteiger partial charge in [-0.15, -0.1) is 0 Å². The summed E-state index contributed by atoms with van der Waals surface area (Å²) in [4.78, 5) is 0. The Kier molecular flexibility index (Phi) is 4.87. The highest BCUT2D eigenvalue weighted by molar-refractivity contribution is 5.30. The van der Waals surface area contributed by atoms with Crippen molar-refractivity contribution in [1.82, 2.24) is 5.32 Å². The number of rotatable bonds is 7. The molecular formula is C17H27NO. The summed E-state index contributed by atoms with van der Waals surface area (Å²) in [6, 6.07) is 9.25. The van der Waals surface area contributed by atoms with Crippen molar-refractivity contribution in [1.29, 1.82) is 0 Å². The molecule has 0 radical (unpaired) electrons. The number of benzene rings is 1. The monoisotopic (exact) mass is 261 g/mol. The van der Waals surface area contributed by atoms with Crippen molar-refractivity contribution in [3.05, 3.63) is 29.8 Å². The quantitative estimate of drug-likeness (QED) is 0.802. The SMILES string of the molecule is CC(C)c1cccc(OC(CNC2CC2)C(C)C)c1. The van der Waals surface area contributed by atoms with Gasteiger partial charge in [0, 0.05) is 12.6 Å². The predicted octanol–water partition coefficient (Wildman–Crippen LogP) is 3.97. The molecule has 106 valence electrons. The van der Waals surface area contributed by atoms with Crippen molar-refractivity contribution >= 4 is 0 Å². The molecule has 0 saturated heterocycles. The Morgan fingerprint density at radius 1 is 1.21 bits per heavy atom. The summed E-state index contributed by atoms with van der Waals surface area (Å²) in [5.74, 6) is 2.07. The van der Waals surface area contributed by atoms with Gasteiger partial charge in [-0.1, -0.05) is 39.8 Å². The van der Waals surface area contributed by atoms with E-state index in [1.165, 1.54) is 18.4 Å². The van der Waals surface area contributed by atoms with Gasteiger partial charge in [0.2, 0.25) is 0 Å². The average molecular weight is 261 g/mol. The highest BCUT2D eigenvalue weighted by Crippen LogP contribution is 2.23. The smallest absolute Gasteiger partial charge is 0.120 e. The lowest BCUT2D eigenvalue weighted by molar-refractivity contribution is 0.148. The molecule has 1 fully saturated rings. The third-order valence-electron chi connectivity index (χ3n) is 3.74. The van der Waals surface area contributed by atoms with Crippen LogP contribution in [-0.4, -0.2) is 18.7 Å². The molecule has 0 amide bonds. The lowest BCUT2D eigenvalue weighted by Crippen LogP contribution is -2.36. The fraction of sp³-hybridized carbons (Fsp3) is 0.647. The van der Waals surface area contributed by atoms with Gasteiger partial charge in [-0.25, -0.2) is 0 Å². The average Bonchev–Trinajstić information content (AvgIpc) is 3.18. The maximum atomic E-state index is 6.18. The second-order valence-electron chi connectivity index (χ2n) is 6.31. The number of ether oxygens (including phenoxy) is 1. The van der Waals surface area contributed by atoms with E-state index in [2.05, 4.69) is 57.3 Å². The van der Waals surface area contributed by atoms with E-state index in [4.69, 9.17) is 4.74 Å². The Labute approximate surface area is 117 Å². The maximum Gasteiger partial charge on any atom is 0.120 e. The zero-order valence-corrected chi connectivity index (χ0v) is 12.6. The van der Waals surface area contributed by atoms with Crippen LogP contribution in [0.3, 0.4) is 0 Å². The Bertz CT molecular complexity index is 396. The van der Waals surface area contributed by atoms with Crippen LogP contribution in [0.15, 0.2) is 24.3 Å². The summed E-state index contributed by atoms with van der Waals surface area (Å²) in [5, 5.41) is 3.57. The molecule has 1 N–H and O–H groups in total. The molecule has 19 heavy (non-hydrogen) atoms. The van der Waals surface area contributed by atoms with Crippen molar-refractivity contribution < 1.29 is 4.74 Å². The van der Waals surface area contributed by atoms with E-state index in [1.54, 1.807) is 0 Å². The van der Waals surface area contributed by atoms with Crippen molar-refractivity contribution in [2.24, 2.45) is 5.92 Å². The third-order valence-corrected chi connectivity index (χ3v) is 3.74. The van der Waals surface area contributed by atoms with Crippen LogP contribution in [0.25, 0.3) is 0 Å². The van der Waals surface area contributed by atoms with Crippen LogP contribution >= 0.6 is 0 Å². The standard InChI is InChI=1S/C17H27NO/c1-12(2)14-6-5-7-16(10-14)19-17(13(3)4)11-18-15-8-9-15/h5-7,10,12-13,15,17-18H,8-9,11H2,1-4H3. The van der Waals surface area contributed by atoms with Gasteiger partial charge in [0.15, 0.2) is 0 Å². The highest BCUT2D eigenvalue weighted by Gasteiger charge is 2.23. The first-order valence-electron chi connectivity index (χ1n) is 7.56. The molecule has 0 aromatic heterocycles. The van der Waals surface area contributed by atoms with Gasteiger partial charge in [0.25, 0.3) is 0 Å². The molecule has 2 nitrogen and oxygen atoms in total. The lowest BCUT2D eigenvalue weighted by Gasteiger charge is -2.23. The zero-order chi connectivity index (χ0) is 13.8. The molecule has 2 heteroatoms. The van der Waals surface area contributed by atoms with Gasteiger partial charge in [0.05, 0.1) is 0 Å². The van der Waals surface area contributed by atoms with Crippen molar-refractivity contribution in [3.8, 4) is 5.75 Å². The summed E-state index contributed by atoms with van der Waals surface area (Å²) < 4.78 is 6.18. The van der Waals surface area contributed by atoms with E-state index < -0.39 is 0 Å². The summed E-state index contributed by atoms with van der Waals surface area (Å²) in [5.41, 5.74) is 1.34. The maximum absolute atomic E-state index is 6.18. The fourth-order valence-electron chi connectivity index (χ4n) is 2.11. The van der Waals surface area contributed by atoms with E-state index in [1.807, 2.05) is 0 Å². The lowest BCUT2D eigenvalue weighted by atomic mass is 10.0. The van der Waals surface area contributed by atoms with Crippen LogP contribution in [0.1, 0.15) is 52.0 Å². The Morgan fingerprint density at radius 2 is 1.95 bits per heavy atom. The van der Waals surface area contributed by atoms with Crippen LogP contribution in [0.2, 0.25) is 0 Å². The molecule has 1 unspecified atom stereocenters. The first kappa shape index (κ1) is 14.4. The molecule has 2 rings (SSSR count). The molecule has 1 aliphatic carbocycles. The van der Waals surface area contributed by atoms with E-state index in [0.717, 1.165) is 18.3 Å². The van der Waals surface area contributed by atoms with Gasteiger partial charge < -0.3 is 10.1 Å². The second kappa shape index (κ2) is 6.42. The topological polar surface area (TPSA) is 21.3 Å². The molecule has 1 aliphatic rings. The summed E-state index contributed by atoms with van der Waals surface area (Å²) in [7, 11) is 0. The molecule has 0 bridgehead atoms. The van der Waals surface area contributed by atoms with Gasteiger partial charge in [-0.2, -0.15) is 0 Å². The zero-order valence-electron chi connectivity index (χ0n) is 12.6. The molecule has 1 aromatic rings. The van der Waals surface area contributed by atoms with Crippen LogP contribution in [-0.2, 0) is 0 Å². The first-order valence-corrected chi connectivity index (χ1v) is 7.56. The third kappa shape index (κ3) is 4.54. The number of hydrogen-bond acceptors (Lipinski definition) is 2. The fourth-order valence-corrected chi connectivity index (χ4v) is 2.11. The van der Waals surface area contributed by atoms with Crippen LogP contribution in [0, 0.1) is 5.92 Å². The van der Waals surface area contributed by atoms with Crippen molar-refractivity contribution in [3.63, 3.8) is 0 Å². The van der Waals surface area contributed by atoms with Gasteiger partial charge >= 0.3 is 0 Å². The van der Waals surface area contributed by atoms with Crippen molar-refractivity contribution in [2.75, 3.05) is 6.54 Å². The Morgan fingerprint density at radius 3 is 2.53 bits per heavy atom. The molecular weight excluding hydrogens is 234 g/mol. The molecule has 1 saturated carbocycles. The van der Waals surface area contributed by atoms with Gasteiger partial charge in [-0.05, 0) is 42.4 Å². The molecule has 1 aromatic carbocycles. The van der Waals surface area contributed by atoms with Crippen LogP contribution < -0.4 is 10.1 Å². The number of nitrogens with one attached hydrogen (secondary N) is 1.